The summed E-state index contributed by atoms with van der Waals surface area (Å²) in [6.07, 6.45) is 0. The Hall–Kier alpha value is -1.88. The lowest BCUT2D eigenvalue weighted by molar-refractivity contribution is 0.102. The molecule has 0 bridgehead atoms. The number of methoxy groups -OCH3 is 1. The zero-order chi connectivity index (χ0) is 13.8. The van der Waals surface area contributed by atoms with Crippen molar-refractivity contribution in [1.82, 2.24) is 0 Å². The molecule has 0 aliphatic rings. The standard InChI is InChI=1S/C14H11BrFNO2/c1-19-13-6-5-9(7-12(13)15)14(18)17-11-4-2-3-10(16)8-11/h2-8H,1H3,(H,17,18). The number of anilines is 1. The molecular formula is C14H11BrFNO2. The third kappa shape index (κ3) is 3.32. The molecule has 0 aromatic heterocycles. The lowest BCUT2D eigenvalue weighted by Crippen LogP contribution is -2.12. The minimum Gasteiger partial charge on any atom is -0.496 e. The van der Waals surface area contributed by atoms with Gasteiger partial charge in [0.15, 0.2) is 0 Å². The number of hydrogen-bond donors (Lipinski definition) is 1. The molecule has 0 aliphatic heterocycles. The van der Waals surface area contributed by atoms with Gasteiger partial charge in [-0.2, -0.15) is 0 Å². The van der Waals surface area contributed by atoms with Gasteiger partial charge in [0.25, 0.3) is 5.91 Å². The van der Waals surface area contributed by atoms with E-state index in [1.807, 2.05) is 0 Å². The number of hydrogen-bond acceptors (Lipinski definition) is 2. The molecule has 0 spiro atoms. The second kappa shape index (κ2) is 5.84. The highest BCUT2D eigenvalue weighted by Crippen LogP contribution is 2.25. The van der Waals surface area contributed by atoms with Gasteiger partial charge in [0.1, 0.15) is 11.6 Å². The lowest BCUT2D eigenvalue weighted by Gasteiger charge is -2.07. The highest BCUT2D eigenvalue weighted by atomic mass is 79.9. The zero-order valence-electron chi connectivity index (χ0n) is 10.1. The molecule has 0 saturated heterocycles. The lowest BCUT2D eigenvalue weighted by atomic mass is 10.2. The Kier molecular flexibility index (Phi) is 4.16. The molecule has 19 heavy (non-hydrogen) atoms. The van der Waals surface area contributed by atoms with E-state index in [0.717, 1.165) is 0 Å². The number of carbonyl (C=O) groups is 1. The topological polar surface area (TPSA) is 38.3 Å². The largest absolute Gasteiger partial charge is 0.496 e. The van der Waals surface area contributed by atoms with E-state index >= 15 is 0 Å². The van der Waals surface area contributed by atoms with Crippen molar-refractivity contribution in [2.24, 2.45) is 0 Å². The van der Waals surface area contributed by atoms with Crippen LogP contribution in [0, 0.1) is 5.82 Å². The molecule has 0 aliphatic carbocycles. The smallest absolute Gasteiger partial charge is 0.255 e. The molecule has 0 fully saturated rings. The Morgan fingerprint density at radius 1 is 1.26 bits per heavy atom. The third-order valence-electron chi connectivity index (χ3n) is 2.50. The van der Waals surface area contributed by atoms with E-state index in [1.165, 1.54) is 18.2 Å². The van der Waals surface area contributed by atoms with E-state index < -0.39 is 5.82 Å². The number of halogens is 2. The second-order valence-electron chi connectivity index (χ2n) is 3.81. The van der Waals surface area contributed by atoms with Gasteiger partial charge in [0, 0.05) is 11.3 Å². The van der Waals surface area contributed by atoms with Crippen LogP contribution in [0.3, 0.4) is 0 Å². The van der Waals surface area contributed by atoms with Crippen LogP contribution in [0.25, 0.3) is 0 Å². The van der Waals surface area contributed by atoms with Crippen molar-refractivity contribution in [3.63, 3.8) is 0 Å². The van der Waals surface area contributed by atoms with Crippen LogP contribution in [0.5, 0.6) is 5.75 Å². The summed E-state index contributed by atoms with van der Waals surface area (Å²) in [5, 5.41) is 2.62. The Bertz CT molecular complexity index is 616. The second-order valence-corrected chi connectivity index (χ2v) is 4.67. The summed E-state index contributed by atoms with van der Waals surface area (Å²) in [6.45, 7) is 0. The van der Waals surface area contributed by atoms with Gasteiger partial charge in [-0.1, -0.05) is 6.07 Å². The molecule has 2 aromatic rings. The van der Waals surface area contributed by atoms with E-state index in [4.69, 9.17) is 4.74 Å². The number of carbonyl (C=O) groups excluding carboxylic acids is 1. The highest BCUT2D eigenvalue weighted by Gasteiger charge is 2.09. The number of benzene rings is 2. The van der Waals surface area contributed by atoms with Crippen LogP contribution < -0.4 is 10.1 Å². The SMILES string of the molecule is COc1ccc(C(=O)Nc2cccc(F)c2)cc1Br. The van der Waals surface area contributed by atoms with E-state index in [0.29, 0.717) is 21.5 Å². The summed E-state index contributed by atoms with van der Waals surface area (Å²) in [5.74, 6) is -0.0648. The van der Waals surface area contributed by atoms with Crippen LogP contribution in [0.15, 0.2) is 46.9 Å². The molecule has 0 heterocycles. The minimum absolute atomic E-state index is 0.311. The Balaban J connectivity index is 2.18. The van der Waals surface area contributed by atoms with Crippen molar-refractivity contribution < 1.29 is 13.9 Å². The molecule has 2 rings (SSSR count). The zero-order valence-corrected chi connectivity index (χ0v) is 11.7. The van der Waals surface area contributed by atoms with Gasteiger partial charge in [-0.25, -0.2) is 4.39 Å². The monoisotopic (exact) mass is 323 g/mol. The highest BCUT2D eigenvalue weighted by molar-refractivity contribution is 9.10. The molecule has 0 atom stereocenters. The molecule has 1 N–H and O–H groups in total. The maximum atomic E-state index is 13.0. The van der Waals surface area contributed by atoms with Gasteiger partial charge in [-0.3, -0.25) is 4.79 Å². The molecule has 1 amide bonds. The van der Waals surface area contributed by atoms with E-state index in [1.54, 1.807) is 31.4 Å². The van der Waals surface area contributed by atoms with Gasteiger partial charge in [0.05, 0.1) is 11.6 Å². The number of amides is 1. The van der Waals surface area contributed by atoms with Crippen LogP contribution in [0.4, 0.5) is 10.1 Å². The summed E-state index contributed by atoms with van der Waals surface area (Å²) in [5.41, 5.74) is 0.869. The summed E-state index contributed by atoms with van der Waals surface area (Å²) < 4.78 is 18.8. The molecule has 5 heteroatoms. The summed E-state index contributed by atoms with van der Waals surface area (Å²) in [7, 11) is 1.55. The van der Waals surface area contributed by atoms with Crippen molar-refractivity contribution in [1.29, 1.82) is 0 Å². The van der Waals surface area contributed by atoms with Crippen molar-refractivity contribution in [2.75, 3.05) is 12.4 Å². The molecule has 2 aromatic carbocycles. The van der Waals surface area contributed by atoms with Crippen LogP contribution >= 0.6 is 15.9 Å². The van der Waals surface area contributed by atoms with E-state index in [9.17, 15) is 9.18 Å². The van der Waals surface area contributed by atoms with Crippen molar-refractivity contribution in [2.45, 2.75) is 0 Å². The Morgan fingerprint density at radius 2 is 2.05 bits per heavy atom. The van der Waals surface area contributed by atoms with Crippen LogP contribution in [0.1, 0.15) is 10.4 Å². The van der Waals surface area contributed by atoms with Gasteiger partial charge in [-0.15, -0.1) is 0 Å². The first kappa shape index (κ1) is 13.5. The Morgan fingerprint density at radius 3 is 2.68 bits per heavy atom. The molecular weight excluding hydrogens is 313 g/mol. The van der Waals surface area contributed by atoms with Crippen LogP contribution in [-0.2, 0) is 0 Å². The maximum absolute atomic E-state index is 13.0. The first-order valence-corrected chi connectivity index (χ1v) is 6.30. The fourth-order valence-electron chi connectivity index (χ4n) is 1.58. The fraction of sp³-hybridized carbons (Fsp3) is 0.0714. The number of ether oxygens (including phenoxy) is 1. The average molecular weight is 324 g/mol. The number of nitrogens with one attached hydrogen (secondary N) is 1. The molecule has 98 valence electrons. The third-order valence-corrected chi connectivity index (χ3v) is 3.12. The van der Waals surface area contributed by atoms with Gasteiger partial charge in [-0.05, 0) is 52.3 Å². The van der Waals surface area contributed by atoms with E-state index in [-0.39, 0.29) is 5.91 Å². The predicted molar refractivity (Wildman–Crippen MR) is 75.0 cm³/mol. The number of rotatable bonds is 3. The first-order chi connectivity index (χ1) is 9.10. The van der Waals surface area contributed by atoms with Crippen molar-refractivity contribution in [3.8, 4) is 5.75 Å². The van der Waals surface area contributed by atoms with Crippen LogP contribution in [-0.4, -0.2) is 13.0 Å². The maximum Gasteiger partial charge on any atom is 0.255 e. The van der Waals surface area contributed by atoms with Gasteiger partial charge in [0.2, 0.25) is 0 Å². The summed E-state index contributed by atoms with van der Waals surface area (Å²) in [6, 6.07) is 10.7. The molecule has 3 nitrogen and oxygen atoms in total. The summed E-state index contributed by atoms with van der Waals surface area (Å²) >= 11 is 3.31. The van der Waals surface area contributed by atoms with Gasteiger partial charge < -0.3 is 10.1 Å². The average Bonchev–Trinajstić information content (AvgIpc) is 2.38. The van der Waals surface area contributed by atoms with Crippen molar-refractivity contribution >= 4 is 27.5 Å². The Labute approximate surface area is 118 Å². The van der Waals surface area contributed by atoms with E-state index in [2.05, 4.69) is 21.2 Å². The minimum atomic E-state index is -0.395. The fourth-order valence-corrected chi connectivity index (χ4v) is 2.12. The van der Waals surface area contributed by atoms with Crippen LogP contribution in [0.2, 0.25) is 0 Å². The first-order valence-electron chi connectivity index (χ1n) is 5.50. The summed E-state index contributed by atoms with van der Waals surface area (Å²) in [4.78, 5) is 12.0. The van der Waals surface area contributed by atoms with Crippen molar-refractivity contribution in [3.05, 3.63) is 58.3 Å². The molecule has 0 radical (unpaired) electrons. The normalized spacial score (nSPS) is 10.1. The quantitative estimate of drug-likeness (QED) is 0.931. The molecule has 0 unspecified atom stereocenters. The predicted octanol–water partition coefficient (Wildman–Crippen LogP) is 3.85. The van der Waals surface area contributed by atoms with Gasteiger partial charge >= 0.3 is 0 Å². The molecule has 0 saturated carbocycles.